The van der Waals surface area contributed by atoms with E-state index in [1.807, 2.05) is 45.0 Å². The second kappa shape index (κ2) is 8.48. The van der Waals surface area contributed by atoms with Crippen LogP contribution in [0.4, 0.5) is 4.79 Å². The molecule has 8 heteroatoms. The van der Waals surface area contributed by atoms with Gasteiger partial charge < -0.3 is 15.0 Å². The molecule has 2 aliphatic heterocycles. The van der Waals surface area contributed by atoms with Gasteiger partial charge in [0.15, 0.2) is 0 Å². The zero-order valence-corrected chi connectivity index (χ0v) is 19.3. The first kappa shape index (κ1) is 22.2. The number of aryl methyl sites for hydroxylation is 1. The SMILES string of the molecule is Cn1c(=O)n(C2CCCCNC2=O)c2ccc(C3=CCN(C(=O)OC(C)(C)C)CC3)cc21. The summed E-state index contributed by atoms with van der Waals surface area (Å²) in [5.74, 6) is -0.0848. The van der Waals surface area contributed by atoms with E-state index in [-0.39, 0.29) is 17.7 Å². The van der Waals surface area contributed by atoms with Gasteiger partial charge in [0.1, 0.15) is 11.6 Å². The highest BCUT2D eigenvalue weighted by molar-refractivity contribution is 5.86. The van der Waals surface area contributed by atoms with Crippen LogP contribution in [0.2, 0.25) is 0 Å². The Morgan fingerprint density at radius 2 is 1.94 bits per heavy atom. The lowest BCUT2D eigenvalue weighted by Crippen LogP contribution is -2.39. The topological polar surface area (TPSA) is 85.6 Å². The van der Waals surface area contributed by atoms with Gasteiger partial charge in [-0.3, -0.25) is 13.9 Å². The molecule has 32 heavy (non-hydrogen) atoms. The quantitative estimate of drug-likeness (QED) is 0.777. The zero-order valence-electron chi connectivity index (χ0n) is 19.3. The van der Waals surface area contributed by atoms with Crippen LogP contribution in [0.5, 0.6) is 0 Å². The van der Waals surface area contributed by atoms with Gasteiger partial charge in [-0.25, -0.2) is 9.59 Å². The normalized spacial score (nSPS) is 20.0. The van der Waals surface area contributed by atoms with E-state index in [1.165, 1.54) is 0 Å². The van der Waals surface area contributed by atoms with E-state index >= 15 is 0 Å². The van der Waals surface area contributed by atoms with Crippen LogP contribution in [-0.4, -0.2) is 51.3 Å². The Kier molecular flexibility index (Phi) is 5.88. The lowest BCUT2D eigenvalue weighted by molar-refractivity contribution is -0.124. The van der Waals surface area contributed by atoms with Crippen molar-refractivity contribution < 1.29 is 14.3 Å². The number of imidazole rings is 1. The standard InChI is InChI=1S/C24H32N4O4/c1-24(2,3)32-23(31)27-13-10-16(11-14-27)17-8-9-18-20(15-17)26(4)22(30)28(18)19-7-5-6-12-25-21(19)29/h8-10,15,19H,5-7,11-14H2,1-4H3,(H,25,29). The summed E-state index contributed by atoms with van der Waals surface area (Å²) in [6.07, 6.45) is 4.96. The lowest BCUT2D eigenvalue weighted by Gasteiger charge is -2.29. The molecule has 0 saturated carbocycles. The Morgan fingerprint density at radius 1 is 1.16 bits per heavy atom. The molecule has 0 aliphatic carbocycles. The summed E-state index contributed by atoms with van der Waals surface area (Å²) >= 11 is 0. The Bertz CT molecular complexity index is 1140. The minimum atomic E-state index is -0.516. The summed E-state index contributed by atoms with van der Waals surface area (Å²) in [5, 5.41) is 2.93. The van der Waals surface area contributed by atoms with Crippen molar-refractivity contribution in [3.8, 4) is 0 Å². The van der Waals surface area contributed by atoms with Crippen molar-refractivity contribution in [2.75, 3.05) is 19.6 Å². The van der Waals surface area contributed by atoms with Crippen molar-refractivity contribution in [3.05, 3.63) is 40.3 Å². The Hall–Kier alpha value is -3.03. The van der Waals surface area contributed by atoms with Crippen LogP contribution in [0, 0.1) is 0 Å². The molecule has 2 aromatic rings. The van der Waals surface area contributed by atoms with Gasteiger partial charge in [-0.05, 0) is 69.7 Å². The number of ether oxygens (including phenoxy) is 1. The van der Waals surface area contributed by atoms with Gasteiger partial charge >= 0.3 is 11.8 Å². The Labute approximate surface area is 187 Å². The predicted molar refractivity (Wildman–Crippen MR) is 123 cm³/mol. The molecular formula is C24H32N4O4. The zero-order chi connectivity index (χ0) is 23.0. The molecule has 0 bridgehead atoms. The molecule has 1 fully saturated rings. The first-order valence-electron chi connectivity index (χ1n) is 11.3. The van der Waals surface area contributed by atoms with E-state index in [1.54, 1.807) is 21.1 Å². The second-order valence-electron chi connectivity index (χ2n) is 9.62. The third-order valence-electron chi connectivity index (χ3n) is 6.14. The van der Waals surface area contributed by atoms with E-state index in [0.717, 1.165) is 35.0 Å². The third-order valence-corrected chi connectivity index (χ3v) is 6.14. The van der Waals surface area contributed by atoms with Gasteiger partial charge in [-0.1, -0.05) is 12.1 Å². The first-order valence-corrected chi connectivity index (χ1v) is 11.3. The maximum Gasteiger partial charge on any atom is 0.410 e. The first-order chi connectivity index (χ1) is 15.2. The average molecular weight is 441 g/mol. The fraction of sp³-hybridized carbons (Fsp3) is 0.542. The summed E-state index contributed by atoms with van der Waals surface area (Å²) in [5.41, 5.74) is 3.06. The molecule has 1 aromatic heterocycles. The third kappa shape index (κ3) is 4.31. The molecule has 1 unspecified atom stereocenters. The van der Waals surface area contributed by atoms with Gasteiger partial charge in [0.25, 0.3) is 0 Å². The monoisotopic (exact) mass is 440 g/mol. The van der Waals surface area contributed by atoms with E-state index in [0.29, 0.717) is 32.5 Å². The maximum absolute atomic E-state index is 13.0. The number of aromatic nitrogens is 2. The van der Waals surface area contributed by atoms with Gasteiger partial charge in [0.2, 0.25) is 5.91 Å². The molecule has 0 spiro atoms. The van der Waals surface area contributed by atoms with Gasteiger partial charge in [-0.2, -0.15) is 0 Å². The predicted octanol–water partition coefficient (Wildman–Crippen LogP) is 3.21. The molecule has 1 aromatic carbocycles. The van der Waals surface area contributed by atoms with Crippen LogP contribution < -0.4 is 11.0 Å². The molecule has 2 amide bonds. The minimum Gasteiger partial charge on any atom is -0.444 e. The molecule has 1 N–H and O–H groups in total. The highest BCUT2D eigenvalue weighted by atomic mass is 16.6. The summed E-state index contributed by atoms with van der Waals surface area (Å²) in [4.78, 5) is 39.6. The molecule has 172 valence electrons. The van der Waals surface area contributed by atoms with Gasteiger partial charge in [0.05, 0.1) is 11.0 Å². The second-order valence-corrected chi connectivity index (χ2v) is 9.62. The number of carbonyl (C=O) groups is 2. The van der Waals surface area contributed by atoms with Crippen LogP contribution in [0.15, 0.2) is 29.1 Å². The van der Waals surface area contributed by atoms with Crippen molar-refractivity contribution >= 4 is 28.6 Å². The molecular weight excluding hydrogens is 408 g/mol. The summed E-state index contributed by atoms with van der Waals surface area (Å²) in [7, 11) is 1.75. The number of amides is 2. The molecule has 4 rings (SSSR count). The van der Waals surface area contributed by atoms with Crippen LogP contribution >= 0.6 is 0 Å². The van der Waals surface area contributed by atoms with Crippen LogP contribution in [-0.2, 0) is 16.6 Å². The van der Waals surface area contributed by atoms with Crippen molar-refractivity contribution in [1.82, 2.24) is 19.4 Å². The van der Waals surface area contributed by atoms with Crippen molar-refractivity contribution in [3.63, 3.8) is 0 Å². The number of hydrogen-bond acceptors (Lipinski definition) is 4. The number of hydrogen-bond donors (Lipinski definition) is 1. The molecule has 1 saturated heterocycles. The fourth-order valence-electron chi connectivity index (χ4n) is 4.46. The maximum atomic E-state index is 13.0. The highest BCUT2D eigenvalue weighted by Gasteiger charge is 2.28. The number of carbonyl (C=O) groups excluding carboxylic acids is 2. The van der Waals surface area contributed by atoms with Crippen LogP contribution in [0.3, 0.4) is 0 Å². The van der Waals surface area contributed by atoms with Crippen LogP contribution in [0.25, 0.3) is 16.6 Å². The number of rotatable bonds is 2. The Balaban J connectivity index is 1.61. The Morgan fingerprint density at radius 3 is 2.62 bits per heavy atom. The van der Waals surface area contributed by atoms with E-state index in [2.05, 4.69) is 5.32 Å². The van der Waals surface area contributed by atoms with E-state index in [4.69, 9.17) is 4.74 Å². The average Bonchev–Trinajstić information content (AvgIpc) is 2.87. The fourth-order valence-corrected chi connectivity index (χ4v) is 4.46. The van der Waals surface area contributed by atoms with Gasteiger partial charge in [0, 0.05) is 26.7 Å². The lowest BCUT2D eigenvalue weighted by atomic mass is 9.99. The van der Waals surface area contributed by atoms with Crippen molar-refractivity contribution in [2.24, 2.45) is 7.05 Å². The number of nitrogens with zero attached hydrogens (tertiary/aromatic N) is 3. The van der Waals surface area contributed by atoms with E-state index < -0.39 is 11.6 Å². The molecule has 1 atom stereocenters. The van der Waals surface area contributed by atoms with E-state index in [9.17, 15) is 14.4 Å². The highest BCUT2D eigenvalue weighted by Crippen LogP contribution is 2.28. The summed E-state index contributed by atoms with van der Waals surface area (Å²) in [6.45, 7) is 7.32. The van der Waals surface area contributed by atoms with Crippen molar-refractivity contribution in [2.45, 2.75) is 58.1 Å². The smallest absolute Gasteiger partial charge is 0.410 e. The molecule has 8 nitrogen and oxygen atoms in total. The largest absolute Gasteiger partial charge is 0.444 e. The van der Waals surface area contributed by atoms with Gasteiger partial charge in [-0.15, -0.1) is 0 Å². The molecule has 2 aliphatic rings. The number of benzene rings is 1. The van der Waals surface area contributed by atoms with Crippen molar-refractivity contribution in [1.29, 1.82) is 0 Å². The van der Waals surface area contributed by atoms with Crippen LogP contribution in [0.1, 0.15) is 58.1 Å². The number of fused-ring (bicyclic) bond motifs is 1. The summed E-state index contributed by atoms with van der Waals surface area (Å²) in [6, 6.07) is 5.47. The minimum absolute atomic E-state index is 0.0848. The molecule has 3 heterocycles. The summed E-state index contributed by atoms with van der Waals surface area (Å²) < 4.78 is 8.72. The molecule has 0 radical (unpaired) electrons. The number of nitrogens with one attached hydrogen (secondary N) is 1.